The second-order valence-electron chi connectivity index (χ2n) is 4.46. The Labute approximate surface area is 101 Å². The maximum Gasteiger partial charge on any atom is 0.272 e. The molecular formula is C12H18N2O3. The number of hydrogen-bond acceptors (Lipinski definition) is 4. The minimum absolute atomic E-state index is 0.109. The molecule has 0 bridgehead atoms. The third-order valence-corrected chi connectivity index (χ3v) is 2.83. The molecule has 0 saturated heterocycles. The average molecular weight is 238 g/mol. The summed E-state index contributed by atoms with van der Waals surface area (Å²) in [5.41, 5.74) is 0.728. The van der Waals surface area contributed by atoms with Crippen LogP contribution >= 0.6 is 0 Å². The number of hydrogen-bond donors (Lipinski definition) is 2. The molecule has 2 N–H and O–H groups in total. The number of nitro groups is 1. The minimum Gasteiger partial charge on any atom is -0.388 e. The molecule has 17 heavy (non-hydrogen) atoms. The molecule has 0 amide bonds. The lowest BCUT2D eigenvalue weighted by atomic mass is 10.0. The zero-order chi connectivity index (χ0) is 13.1. The summed E-state index contributed by atoms with van der Waals surface area (Å²) in [6.45, 7) is 5.77. The molecule has 1 rings (SSSR count). The second kappa shape index (κ2) is 5.14. The molecule has 0 saturated carbocycles. The van der Waals surface area contributed by atoms with Gasteiger partial charge in [0.2, 0.25) is 0 Å². The molecule has 0 radical (unpaired) electrons. The molecule has 1 aromatic rings. The molecule has 5 heteroatoms. The van der Waals surface area contributed by atoms with Crippen molar-refractivity contribution in [2.24, 2.45) is 0 Å². The molecule has 0 aliphatic heterocycles. The van der Waals surface area contributed by atoms with E-state index < -0.39 is 10.5 Å². The van der Waals surface area contributed by atoms with Gasteiger partial charge in [0.15, 0.2) is 0 Å². The Kier molecular flexibility index (Phi) is 4.07. The van der Waals surface area contributed by atoms with Crippen molar-refractivity contribution in [2.75, 3.05) is 11.9 Å². The Morgan fingerprint density at radius 1 is 1.53 bits per heavy atom. The van der Waals surface area contributed by atoms with Crippen molar-refractivity contribution in [3.63, 3.8) is 0 Å². The van der Waals surface area contributed by atoms with Gasteiger partial charge in [-0.3, -0.25) is 10.1 Å². The zero-order valence-electron chi connectivity index (χ0n) is 10.4. The van der Waals surface area contributed by atoms with E-state index in [9.17, 15) is 15.2 Å². The van der Waals surface area contributed by atoms with Crippen molar-refractivity contribution in [1.29, 1.82) is 0 Å². The van der Waals surface area contributed by atoms with E-state index in [-0.39, 0.29) is 5.69 Å². The van der Waals surface area contributed by atoms with Crippen LogP contribution in [0.5, 0.6) is 0 Å². The van der Waals surface area contributed by atoms with Gasteiger partial charge in [-0.15, -0.1) is 0 Å². The van der Waals surface area contributed by atoms with Crippen LogP contribution in [0.2, 0.25) is 0 Å². The fraction of sp³-hybridized carbons (Fsp3) is 0.500. The van der Waals surface area contributed by atoms with Crippen molar-refractivity contribution in [2.45, 2.75) is 32.8 Å². The van der Waals surface area contributed by atoms with Gasteiger partial charge in [0.05, 0.1) is 10.5 Å². The first-order valence-electron chi connectivity index (χ1n) is 5.57. The van der Waals surface area contributed by atoms with E-state index >= 15 is 0 Å². The van der Waals surface area contributed by atoms with Crippen LogP contribution in [0.4, 0.5) is 11.4 Å². The zero-order valence-corrected chi connectivity index (χ0v) is 10.4. The van der Waals surface area contributed by atoms with E-state index in [1.165, 1.54) is 6.07 Å². The summed E-state index contributed by atoms with van der Waals surface area (Å²) in [4.78, 5) is 10.2. The molecular weight excluding hydrogens is 220 g/mol. The molecule has 94 valence electrons. The quantitative estimate of drug-likeness (QED) is 0.610. The van der Waals surface area contributed by atoms with Crippen LogP contribution in [0.3, 0.4) is 0 Å². The molecule has 0 aromatic heterocycles. The van der Waals surface area contributed by atoms with Gasteiger partial charge in [-0.1, -0.05) is 6.92 Å². The number of nitro benzene ring substituents is 1. The largest absolute Gasteiger partial charge is 0.388 e. The van der Waals surface area contributed by atoms with E-state index in [4.69, 9.17) is 0 Å². The van der Waals surface area contributed by atoms with E-state index in [0.717, 1.165) is 5.69 Å². The van der Waals surface area contributed by atoms with E-state index in [0.29, 0.717) is 18.5 Å². The van der Waals surface area contributed by atoms with Crippen molar-refractivity contribution < 1.29 is 10.0 Å². The van der Waals surface area contributed by atoms with Crippen LogP contribution in [0.1, 0.15) is 25.8 Å². The first kappa shape index (κ1) is 13.4. The molecule has 0 fully saturated rings. The highest BCUT2D eigenvalue weighted by Gasteiger charge is 2.17. The second-order valence-corrected chi connectivity index (χ2v) is 4.46. The summed E-state index contributed by atoms with van der Waals surface area (Å²) in [7, 11) is 0. The number of nitrogens with one attached hydrogen (secondary N) is 1. The Hall–Kier alpha value is -1.62. The van der Waals surface area contributed by atoms with Crippen molar-refractivity contribution in [3.05, 3.63) is 33.9 Å². The van der Waals surface area contributed by atoms with Gasteiger partial charge < -0.3 is 10.4 Å². The lowest BCUT2D eigenvalue weighted by Crippen LogP contribution is -2.32. The van der Waals surface area contributed by atoms with Crippen LogP contribution in [-0.2, 0) is 0 Å². The van der Waals surface area contributed by atoms with Gasteiger partial charge in [-0.05, 0) is 32.4 Å². The Morgan fingerprint density at radius 3 is 2.65 bits per heavy atom. The van der Waals surface area contributed by atoms with Gasteiger partial charge in [0.1, 0.15) is 0 Å². The minimum atomic E-state index is -0.768. The third-order valence-electron chi connectivity index (χ3n) is 2.83. The topological polar surface area (TPSA) is 75.4 Å². The lowest BCUT2D eigenvalue weighted by molar-refractivity contribution is -0.385. The highest BCUT2D eigenvalue weighted by atomic mass is 16.6. The summed E-state index contributed by atoms with van der Waals surface area (Å²) in [5.74, 6) is 0. The van der Waals surface area contributed by atoms with Crippen molar-refractivity contribution >= 4 is 11.4 Å². The highest BCUT2D eigenvalue weighted by molar-refractivity contribution is 5.53. The molecule has 0 heterocycles. The first-order chi connectivity index (χ1) is 7.85. The number of rotatable bonds is 5. The molecule has 5 nitrogen and oxygen atoms in total. The molecule has 0 aliphatic rings. The van der Waals surface area contributed by atoms with Gasteiger partial charge in [-0.2, -0.15) is 0 Å². The van der Waals surface area contributed by atoms with E-state index in [2.05, 4.69) is 5.32 Å². The number of nitrogens with zero attached hydrogens (tertiary/aromatic N) is 1. The molecule has 0 spiro atoms. The standard InChI is InChI=1S/C12H18N2O3/c1-4-12(3,15)8-13-10-5-6-11(14(16)17)9(2)7-10/h5-7,13,15H,4,8H2,1-3H3. The molecule has 1 unspecified atom stereocenters. The Balaban J connectivity index is 2.75. The fourth-order valence-electron chi connectivity index (χ4n) is 1.39. The molecule has 0 aliphatic carbocycles. The smallest absolute Gasteiger partial charge is 0.272 e. The summed E-state index contributed by atoms with van der Waals surface area (Å²) < 4.78 is 0. The van der Waals surface area contributed by atoms with Crippen LogP contribution < -0.4 is 5.32 Å². The normalized spacial score (nSPS) is 14.1. The number of aryl methyl sites for hydroxylation is 1. The molecule has 1 aromatic carbocycles. The number of aliphatic hydroxyl groups is 1. The maximum atomic E-state index is 10.6. The van der Waals surface area contributed by atoms with Crippen LogP contribution in [0.25, 0.3) is 0 Å². The van der Waals surface area contributed by atoms with Gasteiger partial charge in [0, 0.05) is 23.9 Å². The summed E-state index contributed by atoms with van der Waals surface area (Å²) >= 11 is 0. The predicted molar refractivity (Wildman–Crippen MR) is 67.2 cm³/mol. The SMILES string of the molecule is CCC(C)(O)CNc1ccc([N+](=O)[O-])c(C)c1. The van der Waals surface area contributed by atoms with Gasteiger partial charge >= 0.3 is 0 Å². The lowest BCUT2D eigenvalue weighted by Gasteiger charge is -2.22. The van der Waals surface area contributed by atoms with Crippen LogP contribution in [-0.4, -0.2) is 22.2 Å². The fourth-order valence-corrected chi connectivity index (χ4v) is 1.39. The van der Waals surface area contributed by atoms with Gasteiger partial charge in [-0.25, -0.2) is 0 Å². The summed E-state index contributed by atoms with van der Waals surface area (Å²) in [5, 5.41) is 23.5. The first-order valence-corrected chi connectivity index (χ1v) is 5.57. The Morgan fingerprint density at radius 2 is 2.18 bits per heavy atom. The summed E-state index contributed by atoms with van der Waals surface area (Å²) in [6, 6.07) is 4.83. The van der Waals surface area contributed by atoms with Crippen LogP contribution in [0, 0.1) is 17.0 Å². The van der Waals surface area contributed by atoms with Crippen LogP contribution in [0.15, 0.2) is 18.2 Å². The maximum absolute atomic E-state index is 10.6. The highest BCUT2D eigenvalue weighted by Crippen LogP contribution is 2.22. The monoisotopic (exact) mass is 238 g/mol. The van der Waals surface area contributed by atoms with E-state index in [1.54, 1.807) is 26.0 Å². The Bertz CT molecular complexity index is 416. The van der Waals surface area contributed by atoms with Crippen molar-refractivity contribution in [3.8, 4) is 0 Å². The number of benzene rings is 1. The predicted octanol–water partition coefficient (Wildman–Crippen LogP) is 2.48. The average Bonchev–Trinajstić information content (AvgIpc) is 2.26. The van der Waals surface area contributed by atoms with Gasteiger partial charge in [0.25, 0.3) is 5.69 Å². The summed E-state index contributed by atoms with van der Waals surface area (Å²) in [6.07, 6.45) is 0.645. The third kappa shape index (κ3) is 3.71. The van der Waals surface area contributed by atoms with E-state index in [1.807, 2.05) is 6.92 Å². The molecule has 1 atom stereocenters. The number of anilines is 1. The van der Waals surface area contributed by atoms with Crippen molar-refractivity contribution in [1.82, 2.24) is 0 Å².